The van der Waals surface area contributed by atoms with Gasteiger partial charge in [0.25, 0.3) is 5.91 Å². The minimum atomic E-state index is -0.314. The van der Waals surface area contributed by atoms with Gasteiger partial charge in [-0.05, 0) is 78.4 Å². The first-order valence-electron chi connectivity index (χ1n) is 15.7. The molecule has 4 aliphatic rings. The molecule has 236 valence electrons. The molecule has 45 heavy (non-hydrogen) atoms. The highest BCUT2D eigenvalue weighted by molar-refractivity contribution is 5.95. The molecular weight excluding hydrogens is 574 g/mol. The second-order valence-electron chi connectivity index (χ2n) is 11.5. The van der Waals surface area contributed by atoms with Crippen LogP contribution in [0.1, 0.15) is 59.3 Å². The molecule has 6 bridgehead atoms. The summed E-state index contributed by atoms with van der Waals surface area (Å²) in [7, 11) is 0. The second-order valence-corrected chi connectivity index (χ2v) is 11.5. The Balaban J connectivity index is 1.25. The molecule has 1 N–H and O–H groups in total. The molecule has 0 saturated carbocycles. The van der Waals surface area contributed by atoms with E-state index in [4.69, 9.17) is 18.9 Å². The molecule has 1 unspecified atom stereocenters. The number of amides is 3. The predicted molar refractivity (Wildman–Crippen MR) is 167 cm³/mol. The van der Waals surface area contributed by atoms with E-state index in [0.29, 0.717) is 101 Å². The van der Waals surface area contributed by atoms with Crippen molar-refractivity contribution in [1.29, 1.82) is 0 Å². The number of nitrogens with zero attached hydrogens (tertiary/aromatic N) is 2. The van der Waals surface area contributed by atoms with Gasteiger partial charge in [0, 0.05) is 38.5 Å². The third kappa shape index (κ3) is 7.16. The van der Waals surface area contributed by atoms with Gasteiger partial charge in [-0.15, -0.1) is 0 Å². The van der Waals surface area contributed by atoms with Gasteiger partial charge in [-0.25, -0.2) is 0 Å². The lowest BCUT2D eigenvalue weighted by molar-refractivity contribution is -0.132. The number of hydrogen-bond acceptors (Lipinski definition) is 7. The normalized spacial score (nSPS) is 17.6. The van der Waals surface area contributed by atoms with E-state index in [2.05, 4.69) is 11.4 Å². The Hall–Kier alpha value is -4.73. The van der Waals surface area contributed by atoms with Gasteiger partial charge in [-0.2, -0.15) is 0 Å². The van der Waals surface area contributed by atoms with Crippen LogP contribution in [0, 0.1) is 0 Å². The Morgan fingerprint density at radius 2 is 1.64 bits per heavy atom. The zero-order chi connectivity index (χ0) is 31.2. The van der Waals surface area contributed by atoms with Crippen molar-refractivity contribution in [3.63, 3.8) is 0 Å². The van der Waals surface area contributed by atoms with Crippen LogP contribution in [0.15, 0.2) is 60.7 Å². The highest BCUT2D eigenvalue weighted by Gasteiger charge is 2.34. The topological polar surface area (TPSA) is 107 Å². The Bertz CT molecular complexity index is 1560. The zero-order valence-corrected chi connectivity index (χ0v) is 25.6. The van der Waals surface area contributed by atoms with Gasteiger partial charge >= 0.3 is 0 Å². The summed E-state index contributed by atoms with van der Waals surface area (Å²) in [4.78, 5) is 42.0. The number of benzene rings is 3. The SMILES string of the molecule is CC(=O)NCCCC(=O)N1CCCOc2cccc(c2)C2c3ccc(cc3CCN2C(=O)c2ccc3c(c2)OCCO3)OCC1. The molecule has 0 saturated heterocycles. The first-order valence-corrected chi connectivity index (χ1v) is 15.7. The van der Waals surface area contributed by atoms with Crippen molar-refractivity contribution in [2.24, 2.45) is 0 Å². The smallest absolute Gasteiger partial charge is 0.254 e. The van der Waals surface area contributed by atoms with Crippen LogP contribution in [-0.2, 0) is 16.0 Å². The lowest BCUT2D eigenvalue weighted by Gasteiger charge is -2.38. The number of carbonyl (C=O) groups excluding carboxylic acids is 3. The van der Waals surface area contributed by atoms with Crippen LogP contribution in [-0.4, -0.2) is 80.1 Å². The maximum atomic E-state index is 14.1. The summed E-state index contributed by atoms with van der Waals surface area (Å²) in [6, 6.07) is 19.0. The third-order valence-electron chi connectivity index (χ3n) is 8.33. The molecule has 3 aromatic rings. The van der Waals surface area contributed by atoms with E-state index < -0.39 is 0 Å². The van der Waals surface area contributed by atoms with Gasteiger partial charge in [0.05, 0.1) is 19.2 Å². The van der Waals surface area contributed by atoms with E-state index >= 15 is 0 Å². The minimum absolute atomic E-state index is 0.0307. The Morgan fingerprint density at radius 3 is 2.51 bits per heavy atom. The summed E-state index contributed by atoms with van der Waals surface area (Å²) in [5, 5.41) is 2.75. The molecule has 1 atom stereocenters. The molecule has 10 heteroatoms. The van der Waals surface area contributed by atoms with Gasteiger partial charge < -0.3 is 34.1 Å². The van der Waals surface area contributed by atoms with Crippen LogP contribution in [0.2, 0.25) is 0 Å². The van der Waals surface area contributed by atoms with Crippen molar-refractivity contribution in [3.8, 4) is 23.0 Å². The quantitative estimate of drug-likeness (QED) is 0.431. The standard InChI is InChI=1S/C35H39N3O7/c1-24(39)36-13-3-7-33(40)37-14-4-17-42-28-6-2-5-26(22-28)34-30-10-9-29(43-18-16-37)21-25(30)12-15-38(34)35(41)27-8-11-31-32(23-27)45-20-19-44-31/h2,5-6,8-11,21-23,34H,3-4,7,12-20H2,1H3,(H,36,39). The van der Waals surface area contributed by atoms with Crippen molar-refractivity contribution in [3.05, 3.63) is 82.9 Å². The zero-order valence-electron chi connectivity index (χ0n) is 25.6. The number of fused-ring (bicyclic) bond motifs is 9. The number of rotatable bonds is 5. The minimum Gasteiger partial charge on any atom is -0.494 e. The molecule has 3 amide bonds. The molecule has 4 heterocycles. The van der Waals surface area contributed by atoms with Crippen LogP contribution >= 0.6 is 0 Å². The average Bonchev–Trinajstić information content (AvgIpc) is 3.06. The van der Waals surface area contributed by atoms with Crippen LogP contribution in [0.3, 0.4) is 0 Å². The van der Waals surface area contributed by atoms with Gasteiger partial charge in [-0.1, -0.05) is 18.2 Å². The molecule has 0 aromatic heterocycles. The van der Waals surface area contributed by atoms with Crippen molar-refractivity contribution in [2.75, 3.05) is 52.6 Å². The summed E-state index contributed by atoms with van der Waals surface area (Å²) in [5.74, 6) is 2.54. The first-order chi connectivity index (χ1) is 22.0. The van der Waals surface area contributed by atoms with E-state index in [1.807, 2.05) is 46.2 Å². The number of carbonyl (C=O) groups is 3. The summed E-state index contributed by atoms with van der Waals surface area (Å²) in [6.45, 7) is 5.19. The van der Waals surface area contributed by atoms with E-state index in [9.17, 15) is 14.4 Å². The molecule has 4 aliphatic heterocycles. The molecule has 3 aromatic carbocycles. The molecule has 0 aliphatic carbocycles. The van der Waals surface area contributed by atoms with Crippen molar-refractivity contribution >= 4 is 17.7 Å². The maximum Gasteiger partial charge on any atom is 0.254 e. The van der Waals surface area contributed by atoms with E-state index in [-0.39, 0.29) is 23.8 Å². The molecule has 10 nitrogen and oxygen atoms in total. The highest BCUT2D eigenvalue weighted by Crippen LogP contribution is 2.39. The summed E-state index contributed by atoms with van der Waals surface area (Å²) >= 11 is 0. The average molecular weight is 614 g/mol. The van der Waals surface area contributed by atoms with E-state index in [1.165, 1.54) is 6.92 Å². The maximum absolute atomic E-state index is 14.1. The Morgan fingerprint density at radius 1 is 0.822 bits per heavy atom. The number of ether oxygens (including phenoxy) is 4. The third-order valence-corrected chi connectivity index (χ3v) is 8.33. The fourth-order valence-electron chi connectivity index (χ4n) is 6.13. The van der Waals surface area contributed by atoms with Crippen molar-refractivity contribution in [2.45, 2.75) is 38.6 Å². The molecular formula is C35H39N3O7. The lowest BCUT2D eigenvalue weighted by atomic mass is 9.87. The fourth-order valence-corrected chi connectivity index (χ4v) is 6.13. The summed E-state index contributed by atoms with van der Waals surface area (Å²) < 4.78 is 23.7. The molecule has 0 spiro atoms. The van der Waals surface area contributed by atoms with Crippen LogP contribution in [0.25, 0.3) is 0 Å². The number of nitrogens with one attached hydrogen (secondary N) is 1. The van der Waals surface area contributed by atoms with Gasteiger partial charge in [-0.3, -0.25) is 14.4 Å². The largest absolute Gasteiger partial charge is 0.494 e. The van der Waals surface area contributed by atoms with Crippen LogP contribution in [0.5, 0.6) is 23.0 Å². The Kier molecular flexibility index (Phi) is 9.38. The van der Waals surface area contributed by atoms with Crippen LogP contribution in [0.4, 0.5) is 0 Å². The van der Waals surface area contributed by atoms with Gasteiger partial charge in [0.15, 0.2) is 11.5 Å². The Labute approximate surface area is 263 Å². The summed E-state index contributed by atoms with van der Waals surface area (Å²) in [6.07, 6.45) is 2.26. The molecule has 7 rings (SSSR count). The lowest BCUT2D eigenvalue weighted by Crippen LogP contribution is -2.40. The van der Waals surface area contributed by atoms with Gasteiger partial charge in [0.1, 0.15) is 31.3 Å². The van der Waals surface area contributed by atoms with Crippen molar-refractivity contribution < 1.29 is 33.3 Å². The highest BCUT2D eigenvalue weighted by atomic mass is 16.6. The van der Waals surface area contributed by atoms with E-state index in [1.54, 1.807) is 18.2 Å². The monoisotopic (exact) mass is 613 g/mol. The van der Waals surface area contributed by atoms with Crippen molar-refractivity contribution in [1.82, 2.24) is 15.1 Å². The number of hydrogen-bond donors (Lipinski definition) is 1. The fraction of sp³-hybridized carbons (Fsp3) is 0.400. The van der Waals surface area contributed by atoms with Crippen LogP contribution < -0.4 is 24.3 Å². The molecule has 0 fully saturated rings. The molecule has 0 radical (unpaired) electrons. The van der Waals surface area contributed by atoms with E-state index in [0.717, 1.165) is 22.4 Å². The predicted octanol–water partition coefficient (Wildman–Crippen LogP) is 4.15. The van der Waals surface area contributed by atoms with Gasteiger partial charge in [0.2, 0.25) is 11.8 Å². The second kappa shape index (κ2) is 13.9. The first kappa shape index (κ1) is 30.3. The summed E-state index contributed by atoms with van der Waals surface area (Å²) in [5.41, 5.74) is 3.67.